The van der Waals surface area contributed by atoms with Gasteiger partial charge in [-0.15, -0.1) is 0 Å². The standard InChI is InChI=1S/C10H12O3/c1-7-9(12-3)5-4-6-10(7)13-8(2)11/h4-6H,1-3H3. The first-order chi connectivity index (χ1) is 6.15. The lowest BCUT2D eigenvalue weighted by atomic mass is 10.2. The third-order valence-electron chi connectivity index (χ3n) is 1.71. The van der Waals surface area contributed by atoms with Crippen molar-refractivity contribution in [2.45, 2.75) is 13.8 Å². The van der Waals surface area contributed by atoms with Crippen LogP contribution in [0, 0.1) is 6.92 Å². The monoisotopic (exact) mass is 180 g/mol. The maximum absolute atomic E-state index is 10.7. The van der Waals surface area contributed by atoms with Crippen LogP contribution in [0.2, 0.25) is 0 Å². The van der Waals surface area contributed by atoms with Gasteiger partial charge in [0.1, 0.15) is 11.5 Å². The molecule has 0 N–H and O–H groups in total. The van der Waals surface area contributed by atoms with E-state index in [1.807, 2.05) is 13.0 Å². The van der Waals surface area contributed by atoms with E-state index >= 15 is 0 Å². The molecule has 0 unspecified atom stereocenters. The van der Waals surface area contributed by atoms with E-state index in [2.05, 4.69) is 0 Å². The van der Waals surface area contributed by atoms with E-state index in [1.165, 1.54) is 6.92 Å². The van der Waals surface area contributed by atoms with Gasteiger partial charge in [0.05, 0.1) is 7.11 Å². The average Bonchev–Trinajstić information content (AvgIpc) is 2.08. The van der Waals surface area contributed by atoms with Crippen molar-refractivity contribution in [2.24, 2.45) is 0 Å². The second-order valence-corrected chi connectivity index (χ2v) is 2.68. The zero-order valence-corrected chi connectivity index (χ0v) is 7.96. The summed E-state index contributed by atoms with van der Waals surface area (Å²) in [6.07, 6.45) is 0. The summed E-state index contributed by atoms with van der Waals surface area (Å²) in [6.45, 7) is 3.22. The van der Waals surface area contributed by atoms with Gasteiger partial charge in [0.25, 0.3) is 0 Å². The molecule has 0 spiro atoms. The van der Waals surface area contributed by atoms with Crippen LogP contribution in [-0.4, -0.2) is 13.1 Å². The summed E-state index contributed by atoms with van der Waals surface area (Å²) in [5, 5.41) is 0. The van der Waals surface area contributed by atoms with Gasteiger partial charge in [0.2, 0.25) is 0 Å². The maximum Gasteiger partial charge on any atom is 0.308 e. The van der Waals surface area contributed by atoms with Crippen LogP contribution in [0.5, 0.6) is 11.5 Å². The van der Waals surface area contributed by atoms with Gasteiger partial charge in [-0.1, -0.05) is 6.07 Å². The summed E-state index contributed by atoms with van der Waals surface area (Å²) in [7, 11) is 1.58. The van der Waals surface area contributed by atoms with Crippen molar-refractivity contribution in [1.29, 1.82) is 0 Å². The van der Waals surface area contributed by atoms with E-state index < -0.39 is 0 Å². The van der Waals surface area contributed by atoms with Gasteiger partial charge in [0.15, 0.2) is 0 Å². The van der Waals surface area contributed by atoms with Crippen LogP contribution in [0.25, 0.3) is 0 Å². The second-order valence-electron chi connectivity index (χ2n) is 2.68. The number of hydrogen-bond donors (Lipinski definition) is 0. The lowest BCUT2D eigenvalue weighted by molar-refractivity contribution is -0.131. The molecule has 13 heavy (non-hydrogen) atoms. The molecule has 0 bridgehead atoms. The van der Waals surface area contributed by atoms with Crippen LogP contribution in [0.15, 0.2) is 18.2 Å². The van der Waals surface area contributed by atoms with Crippen molar-refractivity contribution in [3.05, 3.63) is 23.8 Å². The zero-order chi connectivity index (χ0) is 9.84. The molecule has 1 aromatic rings. The van der Waals surface area contributed by atoms with E-state index in [4.69, 9.17) is 9.47 Å². The predicted molar refractivity (Wildman–Crippen MR) is 49.0 cm³/mol. The molecule has 0 atom stereocenters. The minimum atomic E-state index is -0.323. The molecule has 0 aliphatic rings. The van der Waals surface area contributed by atoms with E-state index in [1.54, 1.807) is 19.2 Å². The lowest BCUT2D eigenvalue weighted by Gasteiger charge is -2.08. The lowest BCUT2D eigenvalue weighted by Crippen LogP contribution is -2.03. The molecule has 0 saturated carbocycles. The summed E-state index contributed by atoms with van der Waals surface area (Å²) < 4.78 is 10.0. The highest BCUT2D eigenvalue weighted by atomic mass is 16.5. The number of hydrogen-bond acceptors (Lipinski definition) is 3. The Bertz CT molecular complexity index is 318. The van der Waals surface area contributed by atoms with Crippen molar-refractivity contribution < 1.29 is 14.3 Å². The SMILES string of the molecule is COc1cccc(OC(C)=O)c1C. The van der Waals surface area contributed by atoms with E-state index in [0.717, 1.165) is 11.3 Å². The Morgan fingerprint density at radius 1 is 1.31 bits per heavy atom. The highest BCUT2D eigenvalue weighted by Gasteiger charge is 2.06. The molecule has 1 rings (SSSR count). The third kappa shape index (κ3) is 2.21. The molecule has 1 aromatic carbocycles. The maximum atomic E-state index is 10.7. The Hall–Kier alpha value is -1.51. The van der Waals surface area contributed by atoms with Crippen LogP contribution >= 0.6 is 0 Å². The number of methoxy groups -OCH3 is 1. The third-order valence-corrected chi connectivity index (χ3v) is 1.71. The van der Waals surface area contributed by atoms with Crippen molar-refractivity contribution >= 4 is 5.97 Å². The van der Waals surface area contributed by atoms with Gasteiger partial charge >= 0.3 is 5.97 Å². The number of rotatable bonds is 2. The topological polar surface area (TPSA) is 35.5 Å². The van der Waals surface area contributed by atoms with Crippen molar-refractivity contribution in [1.82, 2.24) is 0 Å². The first-order valence-electron chi connectivity index (χ1n) is 3.97. The van der Waals surface area contributed by atoms with Crippen molar-refractivity contribution in [2.75, 3.05) is 7.11 Å². The Balaban J connectivity index is 3.01. The highest BCUT2D eigenvalue weighted by molar-refractivity contribution is 5.70. The van der Waals surface area contributed by atoms with Crippen molar-refractivity contribution in [3.8, 4) is 11.5 Å². The van der Waals surface area contributed by atoms with E-state index in [9.17, 15) is 4.79 Å². The molecule has 0 aliphatic heterocycles. The van der Waals surface area contributed by atoms with Gasteiger partial charge in [-0.3, -0.25) is 4.79 Å². The molecule has 0 fully saturated rings. The summed E-state index contributed by atoms with van der Waals surface area (Å²) in [6, 6.07) is 5.34. The van der Waals surface area contributed by atoms with E-state index in [0.29, 0.717) is 5.75 Å². The average molecular weight is 180 g/mol. The van der Waals surface area contributed by atoms with Crippen molar-refractivity contribution in [3.63, 3.8) is 0 Å². The summed E-state index contributed by atoms with van der Waals surface area (Å²) in [5.41, 5.74) is 0.834. The predicted octanol–water partition coefficient (Wildman–Crippen LogP) is 1.93. The molecular weight excluding hydrogens is 168 g/mol. The van der Waals surface area contributed by atoms with Crippen LogP contribution < -0.4 is 9.47 Å². The molecule has 0 radical (unpaired) electrons. The normalized spacial score (nSPS) is 9.46. The Morgan fingerprint density at radius 3 is 2.46 bits per heavy atom. The number of ether oxygens (including phenoxy) is 2. The molecular formula is C10H12O3. The first-order valence-corrected chi connectivity index (χ1v) is 3.97. The summed E-state index contributed by atoms with van der Waals surface area (Å²) >= 11 is 0. The fraction of sp³-hybridized carbons (Fsp3) is 0.300. The number of carbonyl (C=O) groups excluding carboxylic acids is 1. The number of benzene rings is 1. The fourth-order valence-electron chi connectivity index (χ4n) is 1.08. The van der Waals surface area contributed by atoms with Crippen LogP contribution in [0.4, 0.5) is 0 Å². The quantitative estimate of drug-likeness (QED) is 0.515. The molecule has 0 heterocycles. The van der Waals surface area contributed by atoms with Crippen LogP contribution in [0.1, 0.15) is 12.5 Å². The van der Waals surface area contributed by atoms with Gasteiger partial charge in [0, 0.05) is 12.5 Å². The fourth-order valence-corrected chi connectivity index (χ4v) is 1.08. The molecule has 70 valence electrons. The summed E-state index contributed by atoms with van der Waals surface area (Å²) in [4.78, 5) is 10.7. The molecule has 0 amide bonds. The minimum Gasteiger partial charge on any atom is -0.496 e. The van der Waals surface area contributed by atoms with Gasteiger partial charge in [-0.2, -0.15) is 0 Å². The molecule has 0 aromatic heterocycles. The highest BCUT2D eigenvalue weighted by Crippen LogP contribution is 2.26. The molecule has 0 aliphatic carbocycles. The smallest absolute Gasteiger partial charge is 0.308 e. The largest absolute Gasteiger partial charge is 0.496 e. The Morgan fingerprint density at radius 2 is 1.92 bits per heavy atom. The van der Waals surface area contributed by atoms with Crippen LogP contribution in [-0.2, 0) is 4.79 Å². The van der Waals surface area contributed by atoms with Crippen LogP contribution in [0.3, 0.4) is 0 Å². The zero-order valence-electron chi connectivity index (χ0n) is 7.96. The molecule has 0 saturated heterocycles. The van der Waals surface area contributed by atoms with Gasteiger partial charge in [-0.05, 0) is 19.1 Å². The van der Waals surface area contributed by atoms with E-state index in [-0.39, 0.29) is 5.97 Å². The first kappa shape index (κ1) is 9.58. The molecule has 3 nitrogen and oxygen atoms in total. The van der Waals surface area contributed by atoms with Gasteiger partial charge < -0.3 is 9.47 Å². The Kier molecular flexibility index (Phi) is 2.90. The minimum absolute atomic E-state index is 0.323. The number of carbonyl (C=O) groups is 1. The second kappa shape index (κ2) is 3.94. The molecule has 3 heteroatoms. The number of esters is 1. The van der Waals surface area contributed by atoms with Gasteiger partial charge in [-0.25, -0.2) is 0 Å². The summed E-state index contributed by atoms with van der Waals surface area (Å²) in [5.74, 6) is 0.946. The Labute approximate surface area is 77.3 Å².